The third-order valence-corrected chi connectivity index (χ3v) is 3.82. The van der Waals surface area contributed by atoms with E-state index in [1.165, 1.54) is 0 Å². The van der Waals surface area contributed by atoms with Crippen LogP contribution < -0.4 is 5.32 Å². The first-order valence-electron chi connectivity index (χ1n) is 6.19. The molecule has 1 heterocycles. The fraction of sp³-hybridized carbons (Fsp3) is 0.286. The Labute approximate surface area is 125 Å². The van der Waals surface area contributed by atoms with E-state index in [-0.39, 0.29) is 0 Å². The van der Waals surface area contributed by atoms with Gasteiger partial charge in [-0.1, -0.05) is 12.1 Å². The van der Waals surface area contributed by atoms with Crippen molar-refractivity contribution in [2.24, 2.45) is 7.05 Å². The number of hydrogen-bond acceptors (Lipinski definition) is 3. The number of rotatable bonds is 5. The van der Waals surface area contributed by atoms with Crippen molar-refractivity contribution < 1.29 is 9.90 Å². The summed E-state index contributed by atoms with van der Waals surface area (Å²) in [6.45, 7) is 3.18. The molecule has 1 aromatic heterocycles. The maximum absolute atomic E-state index is 10.9. The molecule has 0 aliphatic rings. The number of carbonyl (C=O) groups is 1. The Morgan fingerprint density at radius 3 is 2.75 bits per heavy atom. The average molecular weight is 338 g/mol. The van der Waals surface area contributed by atoms with E-state index in [1.807, 2.05) is 30.8 Å². The third-order valence-electron chi connectivity index (χ3n) is 3.15. The first-order valence-corrected chi connectivity index (χ1v) is 6.98. The van der Waals surface area contributed by atoms with Crippen molar-refractivity contribution in [3.63, 3.8) is 0 Å². The average Bonchev–Trinajstić information content (AvgIpc) is 2.70. The Bertz CT molecular complexity index is 618. The zero-order valence-corrected chi connectivity index (χ0v) is 12.9. The summed E-state index contributed by atoms with van der Waals surface area (Å²) in [7, 11) is 1.90. The molecule has 0 saturated carbocycles. The highest BCUT2D eigenvalue weighted by atomic mass is 79.9. The number of nitrogens with zero attached hydrogens (tertiary/aromatic N) is 2. The van der Waals surface area contributed by atoms with Crippen LogP contribution in [0, 0.1) is 6.92 Å². The molecule has 0 spiro atoms. The van der Waals surface area contributed by atoms with Gasteiger partial charge in [-0.25, -0.2) is 4.79 Å². The lowest BCUT2D eigenvalue weighted by atomic mass is 10.1. The lowest BCUT2D eigenvalue weighted by Gasteiger charge is -2.08. The molecule has 0 aliphatic heterocycles. The number of carboxylic acid groups (broad SMARTS) is 1. The molecule has 2 N–H and O–H groups in total. The molecule has 2 aromatic rings. The summed E-state index contributed by atoms with van der Waals surface area (Å²) in [4.78, 5) is 10.9. The van der Waals surface area contributed by atoms with Crippen LogP contribution in [0.4, 0.5) is 0 Å². The van der Waals surface area contributed by atoms with Gasteiger partial charge in [0, 0.05) is 20.1 Å². The number of benzene rings is 1. The second-order valence-electron chi connectivity index (χ2n) is 4.62. The Morgan fingerprint density at radius 2 is 2.20 bits per heavy atom. The van der Waals surface area contributed by atoms with E-state index >= 15 is 0 Å². The summed E-state index contributed by atoms with van der Waals surface area (Å²) in [5, 5.41) is 16.5. The molecule has 5 nitrogen and oxygen atoms in total. The lowest BCUT2D eigenvalue weighted by Crippen LogP contribution is -2.16. The summed E-state index contributed by atoms with van der Waals surface area (Å²) >= 11 is 3.45. The van der Waals surface area contributed by atoms with E-state index in [4.69, 9.17) is 5.11 Å². The van der Waals surface area contributed by atoms with Crippen LogP contribution in [-0.4, -0.2) is 20.9 Å². The van der Waals surface area contributed by atoms with E-state index in [9.17, 15) is 4.79 Å². The summed E-state index contributed by atoms with van der Waals surface area (Å²) in [5.74, 6) is -0.888. The van der Waals surface area contributed by atoms with Gasteiger partial charge in [-0.3, -0.25) is 4.68 Å². The highest BCUT2D eigenvalue weighted by molar-refractivity contribution is 9.10. The van der Waals surface area contributed by atoms with Crippen molar-refractivity contribution >= 4 is 21.9 Å². The van der Waals surface area contributed by atoms with Gasteiger partial charge >= 0.3 is 5.97 Å². The number of hydrogen-bond donors (Lipinski definition) is 2. The number of halogens is 1. The first-order chi connectivity index (χ1) is 9.49. The van der Waals surface area contributed by atoms with Crippen LogP contribution in [-0.2, 0) is 20.1 Å². The largest absolute Gasteiger partial charge is 0.478 e. The van der Waals surface area contributed by atoms with Gasteiger partial charge in [0.05, 0.1) is 21.9 Å². The molecule has 2 rings (SSSR count). The van der Waals surface area contributed by atoms with Gasteiger partial charge in [-0.2, -0.15) is 5.10 Å². The summed E-state index contributed by atoms with van der Waals surface area (Å²) in [5.41, 5.74) is 3.26. The maximum atomic E-state index is 10.9. The predicted octanol–water partition coefficient (Wildman–Crippen LogP) is 2.48. The van der Waals surface area contributed by atoms with Gasteiger partial charge in [0.1, 0.15) is 0 Å². The fourth-order valence-corrected chi connectivity index (χ4v) is 2.52. The van der Waals surface area contributed by atoms with Crippen LogP contribution in [0.3, 0.4) is 0 Å². The summed E-state index contributed by atoms with van der Waals surface area (Å²) in [6.07, 6.45) is 1.77. The molecule has 0 saturated heterocycles. The van der Waals surface area contributed by atoms with Crippen molar-refractivity contribution in [1.82, 2.24) is 15.1 Å². The van der Waals surface area contributed by atoms with Crippen molar-refractivity contribution in [2.45, 2.75) is 20.0 Å². The van der Waals surface area contributed by atoms with Gasteiger partial charge in [0.15, 0.2) is 0 Å². The van der Waals surface area contributed by atoms with Crippen LogP contribution in [0.15, 0.2) is 28.9 Å². The predicted molar refractivity (Wildman–Crippen MR) is 79.6 cm³/mol. The van der Waals surface area contributed by atoms with Crippen LogP contribution in [0.1, 0.15) is 27.2 Å². The molecule has 0 aliphatic carbocycles. The molecule has 1 aromatic carbocycles. The second-order valence-corrected chi connectivity index (χ2v) is 5.48. The van der Waals surface area contributed by atoms with Crippen LogP contribution in [0.5, 0.6) is 0 Å². The Balaban J connectivity index is 1.98. The third kappa shape index (κ3) is 3.26. The maximum Gasteiger partial charge on any atom is 0.335 e. The monoisotopic (exact) mass is 337 g/mol. The molecule has 0 radical (unpaired) electrons. The zero-order valence-electron chi connectivity index (χ0n) is 11.4. The SMILES string of the molecule is Cc1cc(CNCc2c(Br)cnn2C)ccc1C(=O)O. The molecule has 106 valence electrons. The minimum absolute atomic E-state index is 0.350. The Morgan fingerprint density at radius 1 is 1.45 bits per heavy atom. The van der Waals surface area contributed by atoms with Gasteiger partial charge in [-0.15, -0.1) is 0 Å². The van der Waals surface area contributed by atoms with E-state index < -0.39 is 5.97 Å². The van der Waals surface area contributed by atoms with E-state index in [2.05, 4.69) is 26.3 Å². The van der Waals surface area contributed by atoms with Gasteiger partial charge in [-0.05, 0) is 40.0 Å². The highest BCUT2D eigenvalue weighted by Gasteiger charge is 2.08. The van der Waals surface area contributed by atoms with Crippen LogP contribution >= 0.6 is 15.9 Å². The molecule has 0 amide bonds. The normalized spacial score (nSPS) is 10.8. The van der Waals surface area contributed by atoms with Crippen LogP contribution in [0.25, 0.3) is 0 Å². The van der Waals surface area contributed by atoms with Gasteiger partial charge in [0.2, 0.25) is 0 Å². The standard InChI is InChI=1S/C14H16BrN3O2/c1-9-5-10(3-4-11(9)14(19)20)6-16-8-13-12(15)7-17-18(13)2/h3-5,7,16H,6,8H2,1-2H3,(H,19,20). The van der Waals surface area contributed by atoms with E-state index in [0.29, 0.717) is 18.7 Å². The van der Waals surface area contributed by atoms with Crippen molar-refractivity contribution in [3.05, 3.63) is 51.3 Å². The molecule has 0 unspecified atom stereocenters. The quantitative estimate of drug-likeness (QED) is 0.879. The van der Waals surface area contributed by atoms with Crippen molar-refractivity contribution in [2.75, 3.05) is 0 Å². The highest BCUT2D eigenvalue weighted by Crippen LogP contribution is 2.15. The second kappa shape index (κ2) is 6.19. The minimum atomic E-state index is -0.888. The summed E-state index contributed by atoms with van der Waals surface area (Å²) in [6, 6.07) is 5.38. The molecule has 0 fully saturated rings. The fourth-order valence-electron chi connectivity index (χ4n) is 2.04. The number of aromatic nitrogens is 2. The Hall–Kier alpha value is -1.66. The lowest BCUT2D eigenvalue weighted by molar-refractivity contribution is 0.0696. The van der Waals surface area contributed by atoms with Crippen molar-refractivity contribution in [1.29, 1.82) is 0 Å². The van der Waals surface area contributed by atoms with Gasteiger partial charge < -0.3 is 10.4 Å². The first kappa shape index (κ1) is 14.7. The van der Waals surface area contributed by atoms with Gasteiger partial charge in [0.25, 0.3) is 0 Å². The molecular formula is C14H16BrN3O2. The molecular weight excluding hydrogens is 322 g/mol. The smallest absolute Gasteiger partial charge is 0.335 e. The molecule has 0 bridgehead atoms. The van der Waals surface area contributed by atoms with Crippen LogP contribution in [0.2, 0.25) is 0 Å². The zero-order chi connectivity index (χ0) is 14.7. The number of carboxylic acids is 1. The number of nitrogens with one attached hydrogen (secondary N) is 1. The Kier molecular flexibility index (Phi) is 4.57. The molecule has 6 heteroatoms. The number of aryl methyl sites for hydroxylation is 2. The molecule has 20 heavy (non-hydrogen) atoms. The van der Waals surface area contributed by atoms with Crippen molar-refractivity contribution in [3.8, 4) is 0 Å². The van der Waals surface area contributed by atoms with E-state index in [1.54, 1.807) is 12.3 Å². The molecule has 0 atom stereocenters. The summed E-state index contributed by atoms with van der Waals surface area (Å²) < 4.78 is 2.79. The topological polar surface area (TPSA) is 67.2 Å². The van der Waals surface area contributed by atoms with E-state index in [0.717, 1.165) is 21.3 Å². The minimum Gasteiger partial charge on any atom is -0.478 e. The number of aromatic carboxylic acids is 1.